The molecule has 5 heteroatoms. The van der Waals surface area contributed by atoms with Crippen molar-refractivity contribution in [2.24, 2.45) is 5.73 Å². The first kappa shape index (κ1) is 11.2. The molecule has 0 saturated heterocycles. The SMILES string of the molecule is Cc1[nH]ncc1-c1cccc(OCC(N)=O)c1. The Hall–Kier alpha value is -2.30. The molecular formula is C12H13N3O2. The molecule has 0 unspecified atom stereocenters. The van der Waals surface area contributed by atoms with Gasteiger partial charge in [0.05, 0.1) is 6.20 Å². The van der Waals surface area contributed by atoms with Crippen molar-refractivity contribution in [1.29, 1.82) is 0 Å². The molecule has 0 fully saturated rings. The van der Waals surface area contributed by atoms with Crippen LogP contribution in [0.15, 0.2) is 30.5 Å². The predicted molar refractivity (Wildman–Crippen MR) is 63.5 cm³/mol. The van der Waals surface area contributed by atoms with Crippen molar-refractivity contribution in [3.8, 4) is 16.9 Å². The molecule has 0 aliphatic rings. The van der Waals surface area contributed by atoms with Crippen LogP contribution < -0.4 is 10.5 Å². The minimum Gasteiger partial charge on any atom is -0.484 e. The summed E-state index contributed by atoms with van der Waals surface area (Å²) in [7, 11) is 0. The van der Waals surface area contributed by atoms with Crippen LogP contribution in [0.3, 0.4) is 0 Å². The Morgan fingerprint density at radius 2 is 2.35 bits per heavy atom. The van der Waals surface area contributed by atoms with E-state index in [1.165, 1.54) is 0 Å². The van der Waals surface area contributed by atoms with E-state index >= 15 is 0 Å². The van der Waals surface area contributed by atoms with Gasteiger partial charge in [-0.25, -0.2) is 0 Å². The number of nitrogens with two attached hydrogens (primary N) is 1. The average molecular weight is 231 g/mol. The number of aryl methyl sites for hydroxylation is 1. The lowest BCUT2D eigenvalue weighted by Gasteiger charge is -2.05. The first-order valence-corrected chi connectivity index (χ1v) is 5.18. The normalized spacial score (nSPS) is 10.2. The van der Waals surface area contributed by atoms with E-state index in [1.54, 1.807) is 12.3 Å². The van der Waals surface area contributed by atoms with Crippen LogP contribution in [0.4, 0.5) is 0 Å². The van der Waals surface area contributed by atoms with Gasteiger partial charge in [0, 0.05) is 11.3 Å². The summed E-state index contributed by atoms with van der Waals surface area (Å²) in [5.41, 5.74) is 7.99. The number of nitrogens with one attached hydrogen (secondary N) is 1. The summed E-state index contributed by atoms with van der Waals surface area (Å²) in [4.78, 5) is 10.6. The van der Waals surface area contributed by atoms with E-state index in [9.17, 15) is 4.79 Å². The molecule has 2 rings (SSSR count). The third-order valence-electron chi connectivity index (χ3n) is 2.36. The Bertz CT molecular complexity index is 534. The van der Waals surface area contributed by atoms with E-state index in [4.69, 9.17) is 10.5 Å². The molecule has 0 bridgehead atoms. The van der Waals surface area contributed by atoms with Gasteiger partial charge in [0.15, 0.2) is 6.61 Å². The molecule has 0 aliphatic carbocycles. The van der Waals surface area contributed by atoms with Crippen molar-refractivity contribution in [2.75, 3.05) is 6.61 Å². The average Bonchev–Trinajstić information content (AvgIpc) is 2.73. The van der Waals surface area contributed by atoms with Crippen LogP contribution >= 0.6 is 0 Å². The number of ether oxygens (including phenoxy) is 1. The largest absolute Gasteiger partial charge is 0.484 e. The molecule has 0 spiro atoms. The fourth-order valence-corrected chi connectivity index (χ4v) is 1.55. The van der Waals surface area contributed by atoms with Crippen LogP contribution in [0, 0.1) is 6.92 Å². The summed E-state index contributed by atoms with van der Waals surface area (Å²) in [5, 5.41) is 6.83. The zero-order valence-corrected chi connectivity index (χ0v) is 9.43. The van der Waals surface area contributed by atoms with E-state index in [2.05, 4.69) is 10.2 Å². The Kier molecular flexibility index (Phi) is 3.09. The quantitative estimate of drug-likeness (QED) is 0.830. The van der Waals surface area contributed by atoms with Crippen molar-refractivity contribution < 1.29 is 9.53 Å². The van der Waals surface area contributed by atoms with Gasteiger partial charge < -0.3 is 10.5 Å². The zero-order chi connectivity index (χ0) is 12.3. The minimum absolute atomic E-state index is 0.117. The molecular weight excluding hydrogens is 218 g/mol. The highest BCUT2D eigenvalue weighted by molar-refractivity contribution is 5.75. The van der Waals surface area contributed by atoms with Crippen LogP contribution in [0.2, 0.25) is 0 Å². The van der Waals surface area contributed by atoms with Crippen LogP contribution in [0.5, 0.6) is 5.75 Å². The van der Waals surface area contributed by atoms with Crippen molar-refractivity contribution in [3.05, 3.63) is 36.2 Å². The summed E-state index contributed by atoms with van der Waals surface area (Å²) in [5.74, 6) is 0.122. The van der Waals surface area contributed by atoms with Gasteiger partial charge in [-0.15, -0.1) is 0 Å². The Morgan fingerprint density at radius 3 is 3.00 bits per heavy atom. The molecule has 0 aliphatic heterocycles. The first-order valence-electron chi connectivity index (χ1n) is 5.18. The standard InChI is InChI=1S/C12H13N3O2/c1-8-11(6-14-15-8)9-3-2-4-10(5-9)17-7-12(13)16/h2-6H,7H2,1H3,(H2,13,16)(H,14,15). The summed E-state index contributed by atoms with van der Waals surface area (Å²) in [6.07, 6.45) is 1.75. The van der Waals surface area contributed by atoms with Gasteiger partial charge in [-0.1, -0.05) is 12.1 Å². The minimum atomic E-state index is -0.491. The summed E-state index contributed by atoms with van der Waals surface area (Å²) < 4.78 is 5.24. The lowest BCUT2D eigenvalue weighted by atomic mass is 10.1. The molecule has 0 atom stereocenters. The fourth-order valence-electron chi connectivity index (χ4n) is 1.55. The second-order valence-electron chi connectivity index (χ2n) is 3.69. The van der Waals surface area contributed by atoms with Crippen LogP contribution in [-0.2, 0) is 4.79 Å². The molecule has 0 saturated carbocycles. The fraction of sp³-hybridized carbons (Fsp3) is 0.167. The number of benzene rings is 1. The highest BCUT2D eigenvalue weighted by Crippen LogP contribution is 2.25. The Balaban J connectivity index is 2.23. The van der Waals surface area contributed by atoms with Gasteiger partial charge in [0.25, 0.3) is 5.91 Å². The lowest BCUT2D eigenvalue weighted by molar-refractivity contribution is -0.119. The second kappa shape index (κ2) is 4.69. The maximum atomic E-state index is 10.6. The summed E-state index contributed by atoms with van der Waals surface area (Å²) in [6.45, 7) is 1.83. The Labute approximate surface area is 98.6 Å². The molecule has 0 radical (unpaired) electrons. The highest BCUT2D eigenvalue weighted by atomic mass is 16.5. The first-order chi connectivity index (χ1) is 8.16. The van der Waals surface area contributed by atoms with E-state index in [0.717, 1.165) is 16.8 Å². The molecule has 3 N–H and O–H groups in total. The molecule has 5 nitrogen and oxygen atoms in total. The van der Waals surface area contributed by atoms with Gasteiger partial charge in [-0.05, 0) is 24.6 Å². The van der Waals surface area contributed by atoms with Gasteiger partial charge in [-0.2, -0.15) is 5.10 Å². The summed E-state index contributed by atoms with van der Waals surface area (Å²) in [6, 6.07) is 7.44. The number of hydrogen-bond acceptors (Lipinski definition) is 3. The van der Waals surface area contributed by atoms with Crippen molar-refractivity contribution in [2.45, 2.75) is 6.92 Å². The molecule has 1 heterocycles. The number of carbonyl (C=O) groups is 1. The highest BCUT2D eigenvalue weighted by Gasteiger charge is 2.05. The summed E-state index contributed by atoms with van der Waals surface area (Å²) >= 11 is 0. The number of aromatic amines is 1. The maximum Gasteiger partial charge on any atom is 0.255 e. The predicted octanol–water partition coefficient (Wildman–Crippen LogP) is 1.25. The van der Waals surface area contributed by atoms with Gasteiger partial charge in [-0.3, -0.25) is 9.89 Å². The molecule has 1 amide bonds. The molecule has 88 valence electrons. The monoisotopic (exact) mass is 231 g/mol. The topological polar surface area (TPSA) is 81.0 Å². The maximum absolute atomic E-state index is 10.6. The van der Waals surface area contributed by atoms with Gasteiger partial charge in [0.2, 0.25) is 0 Å². The number of H-pyrrole nitrogens is 1. The molecule has 1 aromatic heterocycles. The number of amides is 1. The molecule has 1 aromatic carbocycles. The number of carbonyl (C=O) groups excluding carboxylic acids is 1. The zero-order valence-electron chi connectivity index (χ0n) is 9.43. The third kappa shape index (κ3) is 2.63. The number of hydrogen-bond donors (Lipinski definition) is 2. The molecule has 2 aromatic rings. The van der Waals surface area contributed by atoms with Crippen LogP contribution in [0.25, 0.3) is 11.1 Å². The van der Waals surface area contributed by atoms with Gasteiger partial charge in [0.1, 0.15) is 5.75 Å². The van der Waals surface area contributed by atoms with Crippen molar-refractivity contribution in [1.82, 2.24) is 10.2 Å². The number of rotatable bonds is 4. The second-order valence-corrected chi connectivity index (χ2v) is 3.69. The number of primary amides is 1. The number of nitrogens with zero attached hydrogens (tertiary/aromatic N) is 1. The molecule has 17 heavy (non-hydrogen) atoms. The Morgan fingerprint density at radius 1 is 1.53 bits per heavy atom. The van der Waals surface area contributed by atoms with Crippen molar-refractivity contribution in [3.63, 3.8) is 0 Å². The van der Waals surface area contributed by atoms with E-state index in [-0.39, 0.29) is 6.61 Å². The lowest BCUT2D eigenvalue weighted by Crippen LogP contribution is -2.19. The van der Waals surface area contributed by atoms with Crippen LogP contribution in [-0.4, -0.2) is 22.7 Å². The van der Waals surface area contributed by atoms with E-state index in [0.29, 0.717) is 5.75 Å². The number of aromatic nitrogens is 2. The van der Waals surface area contributed by atoms with E-state index < -0.39 is 5.91 Å². The van der Waals surface area contributed by atoms with Crippen LogP contribution in [0.1, 0.15) is 5.69 Å². The van der Waals surface area contributed by atoms with E-state index in [1.807, 2.05) is 25.1 Å². The smallest absolute Gasteiger partial charge is 0.255 e. The van der Waals surface area contributed by atoms with Gasteiger partial charge >= 0.3 is 0 Å². The van der Waals surface area contributed by atoms with Crippen molar-refractivity contribution >= 4 is 5.91 Å². The third-order valence-corrected chi connectivity index (χ3v) is 2.36.